The predicted octanol–water partition coefficient (Wildman–Crippen LogP) is 3.74. The number of hydrogen-bond donors (Lipinski definition) is 1. The Hall–Kier alpha value is -1.74. The van der Waals surface area contributed by atoms with Gasteiger partial charge in [-0.3, -0.25) is 0 Å². The smallest absolute Gasteiger partial charge is 0.125 e. The van der Waals surface area contributed by atoms with Gasteiger partial charge in [-0.05, 0) is 49.4 Å². The molecule has 2 aliphatic rings. The monoisotopic (exact) mass is 269 g/mol. The molecule has 2 fully saturated rings. The first kappa shape index (κ1) is 12.0. The normalized spacial score (nSPS) is 18.2. The zero-order valence-corrected chi connectivity index (χ0v) is 11.5. The van der Waals surface area contributed by atoms with E-state index in [-0.39, 0.29) is 0 Å². The predicted molar refractivity (Wildman–Crippen MR) is 77.7 cm³/mol. The first-order valence-corrected chi connectivity index (χ1v) is 7.45. The van der Waals surface area contributed by atoms with Crippen LogP contribution in [0.25, 0.3) is 11.1 Å². The molecule has 4 rings (SSSR count). The zero-order valence-electron chi connectivity index (χ0n) is 11.5. The van der Waals surface area contributed by atoms with Crippen molar-refractivity contribution >= 4 is 0 Å². The molecule has 1 aromatic heterocycles. The molecule has 0 saturated heterocycles. The van der Waals surface area contributed by atoms with E-state index < -0.39 is 0 Å². The van der Waals surface area contributed by atoms with Crippen LogP contribution in [0.15, 0.2) is 41.0 Å². The summed E-state index contributed by atoms with van der Waals surface area (Å²) >= 11 is 0. The average molecular weight is 269 g/mol. The lowest BCUT2D eigenvalue weighted by Crippen LogP contribution is -2.15. The van der Waals surface area contributed by atoms with Gasteiger partial charge < -0.3 is 14.5 Å². The lowest BCUT2D eigenvalue weighted by atomic mass is 10.1. The molecule has 0 spiro atoms. The summed E-state index contributed by atoms with van der Waals surface area (Å²) in [6.45, 7) is 0.813. The van der Waals surface area contributed by atoms with Crippen LogP contribution in [-0.2, 0) is 6.54 Å². The van der Waals surface area contributed by atoms with E-state index in [4.69, 9.17) is 9.15 Å². The molecule has 3 nitrogen and oxygen atoms in total. The fourth-order valence-corrected chi connectivity index (χ4v) is 2.35. The molecule has 2 aromatic rings. The Labute approximate surface area is 118 Å². The standard InChI is InChI=1S/C17H19NO2/c1-5-14(20-15-7-8-15)6-2-12(1)16-9-10-19-17(16)11-18-13-3-4-13/h1-2,5-6,9-10,13,15,18H,3-4,7-8,11H2. The maximum atomic E-state index is 5.78. The lowest BCUT2D eigenvalue weighted by molar-refractivity contribution is 0.303. The summed E-state index contributed by atoms with van der Waals surface area (Å²) in [7, 11) is 0. The minimum atomic E-state index is 0.452. The van der Waals surface area contributed by atoms with E-state index in [0.29, 0.717) is 12.1 Å². The van der Waals surface area contributed by atoms with E-state index in [9.17, 15) is 0 Å². The third-order valence-corrected chi connectivity index (χ3v) is 3.87. The quantitative estimate of drug-likeness (QED) is 0.867. The highest BCUT2D eigenvalue weighted by Crippen LogP contribution is 2.30. The van der Waals surface area contributed by atoms with Crippen LogP contribution in [0.3, 0.4) is 0 Å². The van der Waals surface area contributed by atoms with Crippen molar-refractivity contribution in [1.82, 2.24) is 5.32 Å². The van der Waals surface area contributed by atoms with Gasteiger partial charge in [0, 0.05) is 11.6 Å². The Balaban J connectivity index is 1.48. The van der Waals surface area contributed by atoms with Crippen LogP contribution in [0.4, 0.5) is 0 Å². The largest absolute Gasteiger partial charge is 0.490 e. The number of furan rings is 1. The Morgan fingerprint density at radius 3 is 2.55 bits per heavy atom. The van der Waals surface area contributed by atoms with Crippen LogP contribution in [0, 0.1) is 0 Å². The SMILES string of the molecule is c1cc(-c2ccc(OC3CC3)cc2)c(CNC2CC2)o1. The molecule has 1 aromatic carbocycles. The van der Waals surface area contributed by atoms with Gasteiger partial charge in [0.15, 0.2) is 0 Å². The highest BCUT2D eigenvalue weighted by atomic mass is 16.5. The van der Waals surface area contributed by atoms with Gasteiger partial charge in [0.25, 0.3) is 0 Å². The van der Waals surface area contributed by atoms with Gasteiger partial charge in [0.05, 0.1) is 18.9 Å². The third-order valence-electron chi connectivity index (χ3n) is 3.87. The maximum Gasteiger partial charge on any atom is 0.125 e. The van der Waals surface area contributed by atoms with E-state index in [1.54, 1.807) is 6.26 Å². The molecule has 104 valence electrons. The van der Waals surface area contributed by atoms with E-state index >= 15 is 0 Å². The van der Waals surface area contributed by atoms with Crippen molar-refractivity contribution in [1.29, 1.82) is 0 Å². The van der Waals surface area contributed by atoms with Gasteiger partial charge in [-0.1, -0.05) is 12.1 Å². The fourth-order valence-electron chi connectivity index (χ4n) is 2.35. The summed E-state index contributed by atoms with van der Waals surface area (Å²) in [5.41, 5.74) is 2.37. The van der Waals surface area contributed by atoms with E-state index in [2.05, 4.69) is 29.6 Å². The van der Waals surface area contributed by atoms with E-state index in [0.717, 1.165) is 18.1 Å². The van der Waals surface area contributed by atoms with Gasteiger partial charge in [0.1, 0.15) is 11.5 Å². The summed E-state index contributed by atoms with van der Waals surface area (Å²) in [5, 5.41) is 3.50. The summed E-state index contributed by atoms with van der Waals surface area (Å²) in [5.74, 6) is 1.99. The van der Waals surface area contributed by atoms with Crippen LogP contribution in [0.2, 0.25) is 0 Å². The molecule has 2 saturated carbocycles. The Morgan fingerprint density at radius 2 is 1.85 bits per heavy atom. The van der Waals surface area contributed by atoms with Crippen molar-refractivity contribution in [2.75, 3.05) is 0 Å². The molecule has 2 aliphatic carbocycles. The topological polar surface area (TPSA) is 34.4 Å². The number of hydrogen-bond acceptors (Lipinski definition) is 3. The van der Waals surface area contributed by atoms with Crippen LogP contribution in [-0.4, -0.2) is 12.1 Å². The van der Waals surface area contributed by atoms with Crippen molar-refractivity contribution in [2.24, 2.45) is 0 Å². The lowest BCUT2D eigenvalue weighted by Gasteiger charge is -2.07. The van der Waals surface area contributed by atoms with Gasteiger partial charge in [-0.15, -0.1) is 0 Å². The van der Waals surface area contributed by atoms with Crippen LogP contribution < -0.4 is 10.1 Å². The minimum absolute atomic E-state index is 0.452. The number of benzene rings is 1. The van der Waals surface area contributed by atoms with Crippen molar-refractivity contribution < 1.29 is 9.15 Å². The molecular weight excluding hydrogens is 250 g/mol. The third kappa shape index (κ3) is 2.73. The first-order valence-electron chi connectivity index (χ1n) is 7.45. The summed E-state index contributed by atoms with van der Waals surface area (Å²) in [6, 6.07) is 11.1. The highest BCUT2D eigenvalue weighted by molar-refractivity contribution is 5.66. The Morgan fingerprint density at radius 1 is 1.05 bits per heavy atom. The number of ether oxygens (including phenoxy) is 1. The van der Waals surface area contributed by atoms with Crippen LogP contribution >= 0.6 is 0 Å². The first-order chi connectivity index (χ1) is 9.88. The second-order valence-electron chi connectivity index (χ2n) is 5.75. The number of nitrogens with one attached hydrogen (secondary N) is 1. The Bertz CT molecular complexity index is 579. The zero-order chi connectivity index (χ0) is 13.4. The van der Waals surface area contributed by atoms with Gasteiger partial charge >= 0.3 is 0 Å². The van der Waals surface area contributed by atoms with Crippen molar-refractivity contribution in [3.63, 3.8) is 0 Å². The molecule has 20 heavy (non-hydrogen) atoms. The second-order valence-corrected chi connectivity index (χ2v) is 5.75. The summed E-state index contributed by atoms with van der Waals surface area (Å²) < 4.78 is 11.4. The second kappa shape index (κ2) is 4.98. The highest BCUT2D eigenvalue weighted by Gasteiger charge is 2.23. The average Bonchev–Trinajstić information content (AvgIpc) is 3.39. The molecule has 0 unspecified atom stereocenters. The maximum absolute atomic E-state index is 5.78. The molecule has 3 heteroatoms. The summed E-state index contributed by atoms with van der Waals surface area (Å²) in [6.07, 6.45) is 7.20. The minimum Gasteiger partial charge on any atom is -0.490 e. The Kier molecular flexibility index (Phi) is 3.00. The van der Waals surface area contributed by atoms with Crippen LogP contribution in [0.5, 0.6) is 5.75 Å². The van der Waals surface area contributed by atoms with Crippen LogP contribution in [0.1, 0.15) is 31.4 Å². The molecule has 0 atom stereocenters. The van der Waals surface area contributed by atoms with Crippen molar-refractivity contribution in [3.05, 3.63) is 42.4 Å². The van der Waals surface area contributed by atoms with Crippen molar-refractivity contribution in [2.45, 2.75) is 44.4 Å². The molecular formula is C17H19NO2. The fraction of sp³-hybridized carbons (Fsp3) is 0.412. The molecule has 1 heterocycles. The van der Waals surface area contributed by atoms with Crippen molar-refractivity contribution in [3.8, 4) is 16.9 Å². The number of rotatable bonds is 6. The van der Waals surface area contributed by atoms with Gasteiger partial charge in [-0.25, -0.2) is 0 Å². The molecule has 0 radical (unpaired) electrons. The van der Waals surface area contributed by atoms with E-state index in [1.165, 1.54) is 36.8 Å². The summed E-state index contributed by atoms with van der Waals surface area (Å²) in [4.78, 5) is 0. The molecule has 0 amide bonds. The molecule has 0 aliphatic heterocycles. The van der Waals surface area contributed by atoms with Gasteiger partial charge in [-0.2, -0.15) is 0 Å². The van der Waals surface area contributed by atoms with E-state index in [1.807, 2.05) is 6.07 Å². The molecule has 0 bridgehead atoms. The molecule has 1 N–H and O–H groups in total. The van der Waals surface area contributed by atoms with Gasteiger partial charge in [0.2, 0.25) is 0 Å².